The molecule has 1 fully saturated rings. The molecule has 0 bridgehead atoms. The van der Waals surface area contributed by atoms with Crippen molar-refractivity contribution >= 4 is 5.91 Å². The second-order valence-electron chi connectivity index (χ2n) is 12.0. The number of rotatable bonds is 10. The molecule has 230 valence electrons. The fraction of sp³-hybridized carbons (Fsp3) is 0.371. The zero-order valence-electron chi connectivity index (χ0n) is 24.9. The van der Waals surface area contributed by atoms with Crippen molar-refractivity contribution in [1.82, 2.24) is 19.4 Å². The van der Waals surface area contributed by atoms with Gasteiger partial charge in [-0.3, -0.25) is 9.69 Å². The minimum Gasteiger partial charge on any atom is -0.406 e. The summed E-state index contributed by atoms with van der Waals surface area (Å²) in [5.74, 6) is 0.461. The summed E-state index contributed by atoms with van der Waals surface area (Å²) in [5.41, 5.74) is 7.24. The third-order valence-electron chi connectivity index (χ3n) is 8.80. The van der Waals surface area contributed by atoms with Gasteiger partial charge in [0.15, 0.2) is 0 Å². The van der Waals surface area contributed by atoms with Crippen molar-refractivity contribution in [3.8, 4) is 11.4 Å². The van der Waals surface area contributed by atoms with Crippen molar-refractivity contribution in [3.63, 3.8) is 0 Å². The molecular formula is C35H37F3N4O2. The van der Waals surface area contributed by atoms with Crippen LogP contribution >= 0.6 is 0 Å². The van der Waals surface area contributed by atoms with E-state index in [1.807, 2.05) is 24.0 Å². The number of hydrogen-bond acceptors (Lipinski definition) is 4. The van der Waals surface area contributed by atoms with Crippen LogP contribution in [0.4, 0.5) is 13.2 Å². The number of aromatic nitrogens is 2. The lowest BCUT2D eigenvalue weighted by Gasteiger charge is -2.32. The summed E-state index contributed by atoms with van der Waals surface area (Å²) in [5, 5.41) is 0. The van der Waals surface area contributed by atoms with Gasteiger partial charge in [0.05, 0.1) is 6.33 Å². The molecule has 6 rings (SSSR count). The maximum atomic E-state index is 13.2. The van der Waals surface area contributed by atoms with Crippen molar-refractivity contribution in [2.45, 2.75) is 65.0 Å². The van der Waals surface area contributed by atoms with Crippen LogP contribution in [-0.4, -0.2) is 44.7 Å². The second kappa shape index (κ2) is 12.9. The topological polar surface area (TPSA) is 50.6 Å². The van der Waals surface area contributed by atoms with Crippen LogP contribution in [0.2, 0.25) is 0 Å². The zero-order chi connectivity index (χ0) is 30.7. The van der Waals surface area contributed by atoms with E-state index in [-0.39, 0.29) is 11.7 Å². The normalized spacial score (nSPS) is 16.0. The average Bonchev–Trinajstić information content (AvgIpc) is 3.63. The van der Waals surface area contributed by atoms with Gasteiger partial charge in [-0.2, -0.15) is 0 Å². The van der Waals surface area contributed by atoms with Crippen molar-refractivity contribution in [2.24, 2.45) is 5.92 Å². The van der Waals surface area contributed by atoms with Crippen molar-refractivity contribution in [2.75, 3.05) is 13.1 Å². The Morgan fingerprint density at radius 2 is 1.66 bits per heavy atom. The number of halogens is 3. The van der Waals surface area contributed by atoms with Gasteiger partial charge >= 0.3 is 6.36 Å². The number of alkyl halides is 3. The van der Waals surface area contributed by atoms with Gasteiger partial charge in [-0.15, -0.1) is 13.2 Å². The molecule has 1 saturated heterocycles. The number of imidazole rings is 1. The lowest BCUT2D eigenvalue weighted by atomic mass is 9.90. The van der Waals surface area contributed by atoms with E-state index >= 15 is 0 Å². The van der Waals surface area contributed by atoms with Gasteiger partial charge in [-0.25, -0.2) is 4.98 Å². The van der Waals surface area contributed by atoms with E-state index in [0.717, 1.165) is 59.9 Å². The molecule has 4 aromatic rings. The maximum Gasteiger partial charge on any atom is 0.573 e. The lowest BCUT2D eigenvalue weighted by Crippen LogP contribution is -2.33. The first-order valence-electron chi connectivity index (χ1n) is 15.3. The zero-order valence-corrected chi connectivity index (χ0v) is 24.9. The summed E-state index contributed by atoms with van der Waals surface area (Å²) in [6, 6.07) is 18.7. The number of fused-ring (bicyclic) bond motifs is 1. The van der Waals surface area contributed by atoms with E-state index < -0.39 is 6.36 Å². The van der Waals surface area contributed by atoms with Crippen LogP contribution in [-0.2, 0) is 26.1 Å². The molecule has 0 saturated carbocycles. The minimum absolute atomic E-state index is 0.0328. The predicted molar refractivity (Wildman–Crippen MR) is 162 cm³/mol. The Labute approximate surface area is 256 Å². The van der Waals surface area contributed by atoms with Crippen molar-refractivity contribution in [1.29, 1.82) is 0 Å². The highest BCUT2D eigenvalue weighted by Gasteiger charge is 2.32. The molecule has 1 aromatic heterocycles. The van der Waals surface area contributed by atoms with Gasteiger partial charge in [0.25, 0.3) is 5.91 Å². The number of likely N-dealkylation sites (tertiary alicyclic amines) is 1. The number of carbonyl (C=O) groups excluding carboxylic acids is 1. The number of nitrogens with zero attached hydrogens (tertiary/aromatic N) is 4. The Balaban J connectivity index is 0.963. The van der Waals surface area contributed by atoms with Crippen LogP contribution in [0.15, 0.2) is 79.4 Å². The Hall–Kier alpha value is -4.11. The number of hydrogen-bond donors (Lipinski definition) is 0. The third kappa shape index (κ3) is 7.33. The first-order chi connectivity index (χ1) is 21.2. The highest BCUT2D eigenvalue weighted by molar-refractivity contribution is 5.99. The van der Waals surface area contributed by atoms with E-state index in [1.54, 1.807) is 23.2 Å². The molecule has 3 aromatic carbocycles. The molecular weight excluding hydrogens is 565 g/mol. The molecule has 0 radical (unpaired) electrons. The number of amides is 1. The smallest absolute Gasteiger partial charge is 0.406 e. The summed E-state index contributed by atoms with van der Waals surface area (Å²) in [7, 11) is 0. The van der Waals surface area contributed by atoms with Gasteiger partial charge in [-0.05, 0) is 104 Å². The lowest BCUT2D eigenvalue weighted by molar-refractivity contribution is -0.274. The molecule has 1 amide bonds. The van der Waals surface area contributed by atoms with Crippen LogP contribution < -0.4 is 4.74 Å². The van der Waals surface area contributed by atoms with Gasteiger partial charge in [0, 0.05) is 43.3 Å². The van der Waals surface area contributed by atoms with E-state index in [9.17, 15) is 18.0 Å². The monoisotopic (exact) mass is 602 g/mol. The van der Waals surface area contributed by atoms with E-state index in [0.29, 0.717) is 13.1 Å². The molecule has 0 atom stereocenters. The summed E-state index contributed by atoms with van der Waals surface area (Å²) in [6.45, 7) is 5.86. The molecule has 44 heavy (non-hydrogen) atoms. The molecule has 0 aliphatic carbocycles. The standard InChI is InChI=1S/C35H37F3N4O2/c1-25-19-29(20-30-23-42(34(43)33(25)30)22-28-7-11-32(12-8-28)44-35(36,37)38)21-40-16-13-27(14-17-40)4-2-3-26-5-9-31(10-6-26)41-18-15-39-24-41/h5-12,15,18-20,24,27H,2-4,13-14,16-17,21-23H2,1H3. The summed E-state index contributed by atoms with van der Waals surface area (Å²) < 4.78 is 43.4. The number of ether oxygens (including phenoxy) is 1. The van der Waals surface area contributed by atoms with Crippen LogP contribution in [0.25, 0.3) is 5.69 Å². The first-order valence-corrected chi connectivity index (χ1v) is 15.3. The first kappa shape index (κ1) is 29.9. The van der Waals surface area contributed by atoms with Gasteiger partial charge < -0.3 is 14.2 Å². The SMILES string of the molecule is Cc1cc(CN2CCC(CCCc3ccc(-n4ccnc4)cc3)CC2)cc2c1C(=O)N(Cc1ccc(OC(F)(F)F)cc1)C2. The summed E-state index contributed by atoms with van der Waals surface area (Å²) in [6.07, 6.45) is 6.82. The molecule has 2 aliphatic heterocycles. The number of aryl methyl sites for hydroxylation is 2. The molecule has 0 unspecified atom stereocenters. The Morgan fingerprint density at radius 3 is 2.34 bits per heavy atom. The van der Waals surface area contributed by atoms with Crippen molar-refractivity contribution in [3.05, 3.63) is 113 Å². The largest absolute Gasteiger partial charge is 0.573 e. The molecule has 0 N–H and O–H groups in total. The highest BCUT2D eigenvalue weighted by Crippen LogP contribution is 2.31. The molecule has 9 heteroatoms. The quantitative estimate of drug-likeness (QED) is 0.189. The Kier molecular flexibility index (Phi) is 8.75. The molecule has 3 heterocycles. The second-order valence-corrected chi connectivity index (χ2v) is 12.0. The number of benzene rings is 3. The van der Waals surface area contributed by atoms with Crippen LogP contribution in [0.1, 0.15) is 63.9 Å². The van der Waals surface area contributed by atoms with E-state index in [2.05, 4.69) is 51.0 Å². The highest BCUT2D eigenvalue weighted by atomic mass is 19.4. The van der Waals surface area contributed by atoms with Gasteiger partial charge in [0.1, 0.15) is 5.75 Å². The van der Waals surface area contributed by atoms with E-state index in [4.69, 9.17) is 0 Å². The van der Waals surface area contributed by atoms with Crippen LogP contribution in [0.5, 0.6) is 5.75 Å². The Bertz CT molecular complexity index is 1560. The maximum absolute atomic E-state index is 13.2. The fourth-order valence-corrected chi connectivity index (χ4v) is 6.58. The van der Waals surface area contributed by atoms with Gasteiger partial charge in [-0.1, -0.05) is 42.8 Å². The minimum atomic E-state index is -4.73. The molecule has 2 aliphatic rings. The third-order valence-corrected chi connectivity index (χ3v) is 8.80. The number of piperidine rings is 1. The molecule has 6 nitrogen and oxygen atoms in total. The van der Waals surface area contributed by atoms with E-state index in [1.165, 1.54) is 48.9 Å². The van der Waals surface area contributed by atoms with Gasteiger partial charge in [0.2, 0.25) is 0 Å². The average molecular weight is 603 g/mol. The van der Waals surface area contributed by atoms with Crippen molar-refractivity contribution < 1.29 is 22.7 Å². The van der Waals surface area contributed by atoms with Crippen LogP contribution in [0.3, 0.4) is 0 Å². The van der Waals surface area contributed by atoms with Crippen LogP contribution in [0, 0.1) is 12.8 Å². The fourth-order valence-electron chi connectivity index (χ4n) is 6.58. The number of carbonyl (C=O) groups is 1. The molecule has 0 spiro atoms. The predicted octanol–water partition coefficient (Wildman–Crippen LogP) is 7.47. The summed E-state index contributed by atoms with van der Waals surface area (Å²) >= 11 is 0. The summed E-state index contributed by atoms with van der Waals surface area (Å²) in [4.78, 5) is 21.6. The Morgan fingerprint density at radius 1 is 0.932 bits per heavy atom.